The van der Waals surface area contributed by atoms with E-state index in [2.05, 4.69) is 10.3 Å². The van der Waals surface area contributed by atoms with Gasteiger partial charge in [0.1, 0.15) is 22.6 Å². The molecule has 1 amide bonds. The minimum Gasteiger partial charge on any atom is -0.496 e. The van der Waals surface area contributed by atoms with Gasteiger partial charge in [-0.05, 0) is 43.2 Å². The maximum Gasteiger partial charge on any atom is 0.295 e. The number of amides is 1. The van der Waals surface area contributed by atoms with Gasteiger partial charge in [-0.2, -0.15) is 4.98 Å². The van der Waals surface area contributed by atoms with Crippen molar-refractivity contribution in [2.24, 2.45) is 0 Å². The van der Waals surface area contributed by atoms with Gasteiger partial charge in [0.15, 0.2) is 5.58 Å². The Labute approximate surface area is 163 Å². The van der Waals surface area contributed by atoms with Crippen LogP contribution in [0.15, 0.2) is 40.8 Å². The number of aromatic nitrogens is 1. The molecule has 1 N–H and O–H groups in total. The second kappa shape index (κ2) is 7.42. The van der Waals surface area contributed by atoms with Crippen LogP contribution in [0.4, 0.5) is 6.01 Å². The smallest absolute Gasteiger partial charge is 0.295 e. The van der Waals surface area contributed by atoms with Crippen molar-refractivity contribution in [2.45, 2.75) is 19.4 Å². The summed E-state index contributed by atoms with van der Waals surface area (Å²) in [5, 5.41) is 3.31. The van der Waals surface area contributed by atoms with Crippen molar-refractivity contribution in [1.82, 2.24) is 9.88 Å². The molecule has 7 heteroatoms. The number of hydrogen-bond donors (Lipinski definition) is 1. The zero-order chi connectivity index (χ0) is 19.7. The van der Waals surface area contributed by atoms with Crippen LogP contribution in [-0.2, 0) is 0 Å². The van der Waals surface area contributed by atoms with Gasteiger partial charge >= 0.3 is 0 Å². The van der Waals surface area contributed by atoms with Crippen LogP contribution in [0.2, 0.25) is 0 Å². The lowest BCUT2D eigenvalue weighted by Crippen LogP contribution is -2.32. The highest BCUT2D eigenvalue weighted by atomic mass is 16.5. The maximum absolute atomic E-state index is 13.1. The van der Waals surface area contributed by atoms with Gasteiger partial charge in [-0.3, -0.25) is 4.79 Å². The Balaban J connectivity index is 1.48. The van der Waals surface area contributed by atoms with Crippen LogP contribution in [0.5, 0.6) is 11.5 Å². The van der Waals surface area contributed by atoms with Gasteiger partial charge in [0.05, 0.1) is 14.2 Å². The second-order valence-electron chi connectivity index (χ2n) is 6.91. The number of oxazole rings is 1. The quantitative estimate of drug-likeness (QED) is 0.729. The molecule has 4 rings (SSSR count). The predicted octanol–water partition coefficient (Wildman–Crippen LogP) is 3.48. The fraction of sp³-hybridized carbons (Fsp3) is 0.333. The number of aryl methyl sites for hydroxylation is 1. The van der Waals surface area contributed by atoms with Gasteiger partial charge in [0, 0.05) is 19.1 Å². The summed E-state index contributed by atoms with van der Waals surface area (Å²) in [4.78, 5) is 19.4. The minimum atomic E-state index is -0.105. The lowest BCUT2D eigenvalue weighted by atomic mass is 10.1. The number of carbonyl (C=O) groups excluding carboxylic acids is 1. The van der Waals surface area contributed by atoms with Crippen molar-refractivity contribution in [1.29, 1.82) is 0 Å². The molecule has 1 unspecified atom stereocenters. The van der Waals surface area contributed by atoms with Gasteiger partial charge in [0.2, 0.25) is 0 Å². The molecule has 0 spiro atoms. The van der Waals surface area contributed by atoms with Crippen molar-refractivity contribution in [3.63, 3.8) is 0 Å². The van der Waals surface area contributed by atoms with E-state index in [9.17, 15) is 4.79 Å². The Morgan fingerprint density at radius 2 is 1.96 bits per heavy atom. The number of anilines is 1. The Kier molecular flexibility index (Phi) is 4.81. The van der Waals surface area contributed by atoms with E-state index in [4.69, 9.17) is 13.9 Å². The summed E-state index contributed by atoms with van der Waals surface area (Å²) in [5.41, 5.74) is 3.16. The van der Waals surface area contributed by atoms with Gasteiger partial charge in [0.25, 0.3) is 11.9 Å². The Morgan fingerprint density at radius 3 is 2.68 bits per heavy atom. The summed E-state index contributed by atoms with van der Waals surface area (Å²) in [7, 11) is 3.10. The fourth-order valence-electron chi connectivity index (χ4n) is 3.56. The van der Waals surface area contributed by atoms with E-state index in [-0.39, 0.29) is 11.9 Å². The van der Waals surface area contributed by atoms with Crippen molar-refractivity contribution in [2.75, 3.05) is 32.6 Å². The summed E-state index contributed by atoms with van der Waals surface area (Å²) in [5.74, 6) is 0.914. The molecular weight excluding hydrogens is 358 g/mol. The van der Waals surface area contributed by atoms with Crippen molar-refractivity contribution < 1.29 is 18.7 Å². The summed E-state index contributed by atoms with van der Waals surface area (Å²) in [6.07, 6.45) is 0.807. The molecule has 146 valence electrons. The molecule has 2 aromatic carbocycles. The zero-order valence-electron chi connectivity index (χ0n) is 16.2. The number of hydrogen-bond acceptors (Lipinski definition) is 6. The van der Waals surface area contributed by atoms with E-state index in [1.54, 1.807) is 37.3 Å². The minimum absolute atomic E-state index is 0.0683. The Hall–Kier alpha value is -3.22. The number of methoxy groups -OCH3 is 2. The second-order valence-corrected chi connectivity index (χ2v) is 6.91. The molecule has 28 heavy (non-hydrogen) atoms. The molecule has 1 fully saturated rings. The largest absolute Gasteiger partial charge is 0.496 e. The van der Waals surface area contributed by atoms with Crippen LogP contribution in [-0.4, -0.2) is 49.1 Å². The third-order valence-corrected chi connectivity index (χ3v) is 4.99. The number of carbonyl (C=O) groups is 1. The first-order valence-electron chi connectivity index (χ1n) is 9.23. The summed E-state index contributed by atoms with van der Waals surface area (Å²) in [6.45, 7) is 3.21. The average molecular weight is 381 g/mol. The van der Waals surface area contributed by atoms with E-state index < -0.39 is 0 Å². The highest BCUT2D eigenvalue weighted by Gasteiger charge is 2.31. The monoisotopic (exact) mass is 381 g/mol. The highest BCUT2D eigenvalue weighted by Crippen LogP contribution is 2.31. The normalized spacial score (nSPS) is 16.4. The van der Waals surface area contributed by atoms with Crippen LogP contribution in [0.3, 0.4) is 0 Å². The maximum atomic E-state index is 13.1. The fourth-order valence-corrected chi connectivity index (χ4v) is 3.56. The number of ether oxygens (including phenoxy) is 2. The number of benzene rings is 2. The topological polar surface area (TPSA) is 76.8 Å². The first-order valence-corrected chi connectivity index (χ1v) is 9.23. The first kappa shape index (κ1) is 18.2. The molecule has 1 atom stereocenters. The lowest BCUT2D eigenvalue weighted by molar-refractivity contribution is 0.0784. The van der Waals surface area contributed by atoms with Gasteiger partial charge in [-0.25, -0.2) is 0 Å². The molecule has 0 bridgehead atoms. The molecule has 7 nitrogen and oxygen atoms in total. The van der Waals surface area contributed by atoms with Gasteiger partial charge < -0.3 is 24.1 Å². The molecule has 1 aromatic heterocycles. The zero-order valence-corrected chi connectivity index (χ0v) is 16.2. The molecule has 0 aliphatic carbocycles. The van der Waals surface area contributed by atoms with E-state index in [1.807, 2.05) is 25.1 Å². The average Bonchev–Trinajstić information content (AvgIpc) is 3.33. The van der Waals surface area contributed by atoms with E-state index in [0.717, 1.165) is 23.1 Å². The predicted molar refractivity (Wildman–Crippen MR) is 106 cm³/mol. The molecule has 1 aliphatic rings. The van der Waals surface area contributed by atoms with Crippen molar-refractivity contribution in [3.8, 4) is 11.5 Å². The third-order valence-electron chi connectivity index (χ3n) is 4.99. The van der Waals surface area contributed by atoms with Crippen molar-refractivity contribution >= 4 is 23.0 Å². The highest BCUT2D eigenvalue weighted by molar-refractivity contribution is 6.00. The Morgan fingerprint density at radius 1 is 1.21 bits per heavy atom. The number of rotatable bonds is 5. The summed E-state index contributed by atoms with van der Waals surface area (Å²) >= 11 is 0. The number of nitrogens with one attached hydrogen (secondary N) is 1. The number of nitrogens with zero attached hydrogens (tertiary/aromatic N) is 2. The van der Waals surface area contributed by atoms with Crippen LogP contribution in [0.25, 0.3) is 11.1 Å². The van der Waals surface area contributed by atoms with Crippen LogP contribution < -0.4 is 14.8 Å². The van der Waals surface area contributed by atoms with Crippen LogP contribution in [0.1, 0.15) is 22.3 Å². The lowest BCUT2D eigenvalue weighted by Gasteiger charge is -2.20. The SMILES string of the molecule is COc1cccc(OC)c1C(=O)N1CCC(Nc2nc3cc(C)ccc3o2)C1. The molecule has 1 aliphatic heterocycles. The summed E-state index contributed by atoms with van der Waals surface area (Å²) < 4.78 is 16.5. The van der Waals surface area contributed by atoms with E-state index in [1.165, 1.54) is 0 Å². The first-order chi connectivity index (χ1) is 13.6. The molecule has 0 saturated carbocycles. The third kappa shape index (κ3) is 3.35. The summed E-state index contributed by atoms with van der Waals surface area (Å²) in [6, 6.07) is 11.8. The Bertz CT molecular complexity index is 992. The molecule has 1 saturated heterocycles. The molecule has 0 radical (unpaired) electrons. The van der Waals surface area contributed by atoms with E-state index in [0.29, 0.717) is 36.2 Å². The molecular formula is C21H23N3O4. The van der Waals surface area contributed by atoms with Gasteiger partial charge in [-0.1, -0.05) is 12.1 Å². The van der Waals surface area contributed by atoms with Crippen LogP contribution in [0, 0.1) is 6.92 Å². The van der Waals surface area contributed by atoms with Crippen molar-refractivity contribution in [3.05, 3.63) is 47.5 Å². The van der Waals surface area contributed by atoms with Gasteiger partial charge in [-0.15, -0.1) is 0 Å². The van der Waals surface area contributed by atoms with Crippen LogP contribution >= 0.6 is 0 Å². The number of fused-ring (bicyclic) bond motifs is 1. The number of likely N-dealkylation sites (tertiary alicyclic amines) is 1. The molecule has 2 heterocycles. The van der Waals surface area contributed by atoms with E-state index >= 15 is 0 Å². The standard InChI is InChI=1S/C21H23N3O4/c1-13-7-8-16-15(11-13)23-21(28-16)22-14-9-10-24(12-14)20(25)19-17(26-2)5-4-6-18(19)27-3/h4-8,11,14H,9-10,12H2,1-3H3,(H,22,23). The molecule has 3 aromatic rings.